The number of halogens is 1. The number of ether oxygens (including phenoxy) is 1. The number of fused-ring (bicyclic) bond motifs is 1. The highest BCUT2D eigenvalue weighted by atomic mass is 35.5. The van der Waals surface area contributed by atoms with E-state index in [4.69, 9.17) is 16.3 Å². The van der Waals surface area contributed by atoms with Crippen molar-refractivity contribution in [3.63, 3.8) is 0 Å². The second-order valence-electron chi connectivity index (χ2n) is 7.85. The summed E-state index contributed by atoms with van der Waals surface area (Å²) < 4.78 is 30.1. The van der Waals surface area contributed by atoms with E-state index in [0.29, 0.717) is 23.0 Å². The van der Waals surface area contributed by atoms with E-state index in [1.165, 1.54) is 12.7 Å². The van der Waals surface area contributed by atoms with Crippen LogP contribution in [0.3, 0.4) is 0 Å². The van der Waals surface area contributed by atoms with Crippen LogP contribution in [0.1, 0.15) is 12.0 Å². The molecule has 2 saturated heterocycles. The van der Waals surface area contributed by atoms with Gasteiger partial charge in [-0.25, -0.2) is 8.42 Å². The summed E-state index contributed by atoms with van der Waals surface area (Å²) >= 11 is 6.26. The van der Waals surface area contributed by atoms with Crippen LogP contribution in [0, 0.1) is 0 Å². The van der Waals surface area contributed by atoms with Gasteiger partial charge in [-0.2, -0.15) is 0 Å². The number of piperazine rings is 1. The number of carbonyl (C=O) groups is 1. The van der Waals surface area contributed by atoms with E-state index in [1.807, 2.05) is 23.1 Å². The molecule has 0 unspecified atom stereocenters. The van der Waals surface area contributed by atoms with Gasteiger partial charge < -0.3 is 9.64 Å². The summed E-state index contributed by atoms with van der Waals surface area (Å²) in [7, 11) is -1.69. The molecule has 0 spiro atoms. The molecule has 2 aliphatic rings. The fourth-order valence-corrected chi connectivity index (χ4v) is 6.71. The third-order valence-electron chi connectivity index (χ3n) is 5.87. The lowest BCUT2D eigenvalue weighted by Crippen LogP contribution is -2.62. The van der Waals surface area contributed by atoms with Gasteiger partial charge in [0.25, 0.3) is 0 Å². The largest absolute Gasteiger partial charge is 0.495 e. The smallest absolute Gasteiger partial charge is 0.241 e. The lowest BCUT2D eigenvalue weighted by molar-refractivity contribution is -0.123. The third kappa shape index (κ3) is 4.33. The van der Waals surface area contributed by atoms with Crippen LogP contribution >= 0.6 is 11.6 Å². The maximum absolute atomic E-state index is 13.1. The Morgan fingerprint density at radius 3 is 2.53 bits per heavy atom. The minimum Gasteiger partial charge on any atom is -0.495 e. The van der Waals surface area contributed by atoms with Gasteiger partial charge in [-0.15, -0.1) is 0 Å². The van der Waals surface area contributed by atoms with Crippen molar-refractivity contribution in [2.24, 2.45) is 0 Å². The number of carbonyl (C=O) groups excluding carboxylic acids is 1. The number of nitrogens with zero attached hydrogens (tertiary/aromatic N) is 2. The van der Waals surface area contributed by atoms with Gasteiger partial charge in [0.15, 0.2) is 9.84 Å². The molecule has 0 aromatic heterocycles. The average Bonchev–Trinajstić information content (AvgIpc) is 3.04. The number of hydrogen-bond acceptors (Lipinski definition) is 5. The predicted octanol–water partition coefficient (Wildman–Crippen LogP) is 2.80. The molecule has 0 radical (unpaired) electrons. The van der Waals surface area contributed by atoms with Gasteiger partial charge in [-0.05, 0) is 43.1 Å². The Balaban J connectivity index is 1.54. The molecule has 2 fully saturated rings. The molecule has 2 aliphatic heterocycles. The summed E-state index contributed by atoms with van der Waals surface area (Å²) in [6, 6.07) is 14.7. The normalized spacial score (nSPS) is 23.4. The van der Waals surface area contributed by atoms with Crippen LogP contribution in [-0.4, -0.2) is 63.0 Å². The van der Waals surface area contributed by atoms with Crippen LogP contribution in [0.15, 0.2) is 48.5 Å². The molecule has 0 aliphatic carbocycles. The standard InChI is InChI=1S/C22H25ClN2O4S/c1-29-21-10-9-17(12-18(21)23)25-20-15-30(27,28)14-19(20)24(13-22(25)26)11-5-8-16-6-3-2-4-7-16/h2-4,6-7,9-10,12,19-20H,5,8,11,13-15H2,1H3/t19-,20+/m0/s1. The van der Waals surface area contributed by atoms with E-state index in [1.54, 1.807) is 23.1 Å². The van der Waals surface area contributed by atoms with Gasteiger partial charge in [-0.1, -0.05) is 41.9 Å². The quantitative estimate of drug-likeness (QED) is 0.679. The van der Waals surface area contributed by atoms with Crippen molar-refractivity contribution >= 4 is 33.0 Å². The van der Waals surface area contributed by atoms with Crippen LogP contribution in [0.5, 0.6) is 5.75 Å². The fraction of sp³-hybridized carbons (Fsp3) is 0.409. The molecule has 8 heteroatoms. The molecular formula is C22H25ClN2O4S. The highest BCUT2D eigenvalue weighted by Crippen LogP contribution is 2.35. The van der Waals surface area contributed by atoms with Gasteiger partial charge in [0.1, 0.15) is 5.75 Å². The lowest BCUT2D eigenvalue weighted by Gasteiger charge is -2.43. The van der Waals surface area contributed by atoms with Crippen molar-refractivity contribution in [3.05, 3.63) is 59.1 Å². The van der Waals surface area contributed by atoms with Crippen LogP contribution in [0.4, 0.5) is 5.69 Å². The maximum Gasteiger partial charge on any atom is 0.241 e. The number of aryl methyl sites for hydroxylation is 1. The molecule has 6 nitrogen and oxygen atoms in total. The van der Waals surface area contributed by atoms with Gasteiger partial charge in [-0.3, -0.25) is 9.69 Å². The second-order valence-corrected chi connectivity index (χ2v) is 10.4. The SMILES string of the molecule is COc1ccc(N2C(=O)CN(CCCc3ccccc3)[C@H]3CS(=O)(=O)C[C@H]32)cc1Cl. The second kappa shape index (κ2) is 8.57. The predicted molar refractivity (Wildman–Crippen MR) is 118 cm³/mol. The number of anilines is 1. The van der Waals surface area contributed by atoms with E-state index in [0.717, 1.165) is 12.8 Å². The lowest BCUT2D eigenvalue weighted by atomic mass is 10.0. The summed E-state index contributed by atoms with van der Waals surface area (Å²) in [4.78, 5) is 16.7. The monoisotopic (exact) mass is 448 g/mol. The first-order valence-corrected chi connectivity index (χ1v) is 12.2. The van der Waals surface area contributed by atoms with E-state index < -0.39 is 15.9 Å². The van der Waals surface area contributed by atoms with Gasteiger partial charge in [0.05, 0.1) is 36.2 Å². The van der Waals surface area contributed by atoms with E-state index >= 15 is 0 Å². The van der Waals surface area contributed by atoms with Crippen molar-refractivity contribution in [1.29, 1.82) is 0 Å². The molecule has 160 valence electrons. The fourth-order valence-electron chi connectivity index (χ4n) is 4.47. The Kier molecular flexibility index (Phi) is 6.04. The summed E-state index contributed by atoms with van der Waals surface area (Å²) in [5.41, 5.74) is 1.85. The molecule has 0 saturated carbocycles. The van der Waals surface area contributed by atoms with Crippen molar-refractivity contribution in [2.45, 2.75) is 24.9 Å². The average molecular weight is 449 g/mol. The maximum atomic E-state index is 13.1. The molecule has 4 rings (SSSR count). The first kappa shape index (κ1) is 21.2. The number of amides is 1. The summed E-state index contributed by atoms with van der Waals surface area (Å²) in [6.07, 6.45) is 1.77. The molecular weight excluding hydrogens is 424 g/mol. The highest BCUT2D eigenvalue weighted by molar-refractivity contribution is 7.91. The minimum absolute atomic E-state index is 0.0256. The molecule has 30 heavy (non-hydrogen) atoms. The van der Waals surface area contributed by atoms with E-state index in [2.05, 4.69) is 12.1 Å². The number of sulfone groups is 1. The van der Waals surface area contributed by atoms with Crippen molar-refractivity contribution < 1.29 is 17.9 Å². The summed E-state index contributed by atoms with van der Waals surface area (Å²) in [5.74, 6) is 0.469. The Morgan fingerprint density at radius 2 is 1.83 bits per heavy atom. The van der Waals surface area contributed by atoms with Crippen LogP contribution in [-0.2, 0) is 21.1 Å². The Morgan fingerprint density at radius 1 is 1.10 bits per heavy atom. The number of benzene rings is 2. The van der Waals surface area contributed by atoms with Crippen molar-refractivity contribution in [2.75, 3.05) is 36.6 Å². The molecule has 2 aromatic rings. The topological polar surface area (TPSA) is 66.9 Å². The molecule has 1 amide bonds. The first-order valence-electron chi connectivity index (χ1n) is 10.0. The molecule has 0 N–H and O–H groups in total. The zero-order valence-corrected chi connectivity index (χ0v) is 18.4. The van der Waals surface area contributed by atoms with Gasteiger partial charge in [0.2, 0.25) is 5.91 Å². The number of hydrogen-bond donors (Lipinski definition) is 0. The number of methoxy groups -OCH3 is 1. The third-order valence-corrected chi connectivity index (χ3v) is 7.86. The zero-order chi connectivity index (χ0) is 21.3. The van der Waals surface area contributed by atoms with Crippen LogP contribution in [0.2, 0.25) is 5.02 Å². The molecule has 2 atom stereocenters. The van der Waals surface area contributed by atoms with E-state index in [-0.39, 0.29) is 30.0 Å². The zero-order valence-electron chi connectivity index (χ0n) is 16.8. The molecule has 2 aromatic carbocycles. The molecule has 2 heterocycles. The van der Waals surface area contributed by atoms with Gasteiger partial charge in [0, 0.05) is 11.7 Å². The highest BCUT2D eigenvalue weighted by Gasteiger charge is 2.49. The summed E-state index contributed by atoms with van der Waals surface area (Å²) in [5, 5.41) is 0.394. The summed E-state index contributed by atoms with van der Waals surface area (Å²) in [6.45, 7) is 0.893. The van der Waals surface area contributed by atoms with Crippen LogP contribution in [0.25, 0.3) is 0 Å². The minimum atomic E-state index is -3.22. The first-order chi connectivity index (χ1) is 14.4. The Hall–Kier alpha value is -2.09. The van der Waals surface area contributed by atoms with Crippen LogP contribution < -0.4 is 9.64 Å². The van der Waals surface area contributed by atoms with Crippen molar-refractivity contribution in [1.82, 2.24) is 4.90 Å². The Bertz CT molecular complexity index is 1030. The number of rotatable bonds is 6. The van der Waals surface area contributed by atoms with Gasteiger partial charge >= 0.3 is 0 Å². The van der Waals surface area contributed by atoms with E-state index in [9.17, 15) is 13.2 Å². The van der Waals surface area contributed by atoms with Crippen molar-refractivity contribution in [3.8, 4) is 5.75 Å². The Labute approximate surface area is 182 Å². The molecule has 0 bridgehead atoms.